The molecule has 122 valence electrons. The fraction of sp³-hybridized carbons (Fsp3) is 0.222. The predicted octanol–water partition coefficient (Wildman–Crippen LogP) is 3.22. The number of nitrogen functional groups attached to an aromatic ring is 1. The highest BCUT2D eigenvalue weighted by Crippen LogP contribution is 2.34. The average molecular weight is 322 g/mol. The standard InChI is InChI=1S/C18H18N4O2/c1-23-16-10-14-15(11-17(16)24-2)22(9-3-8-19)18(21-14)12-4-6-13(20)7-5-12/h4-7,10-11H,3,9,20H2,1-2H3. The maximum Gasteiger partial charge on any atom is 0.163 e. The van der Waals surface area contributed by atoms with Crippen molar-refractivity contribution in [1.29, 1.82) is 5.26 Å². The monoisotopic (exact) mass is 322 g/mol. The van der Waals surface area contributed by atoms with Gasteiger partial charge in [0.25, 0.3) is 0 Å². The molecular weight excluding hydrogens is 304 g/mol. The largest absolute Gasteiger partial charge is 0.493 e. The number of methoxy groups -OCH3 is 2. The van der Waals surface area contributed by atoms with Gasteiger partial charge in [-0.2, -0.15) is 5.26 Å². The van der Waals surface area contributed by atoms with E-state index in [-0.39, 0.29) is 0 Å². The number of nitriles is 1. The molecule has 0 fully saturated rings. The van der Waals surface area contributed by atoms with Crippen LogP contribution >= 0.6 is 0 Å². The highest BCUT2D eigenvalue weighted by molar-refractivity contribution is 5.84. The van der Waals surface area contributed by atoms with Crippen LogP contribution in [0.2, 0.25) is 0 Å². The summed E-state index contributed by atoms with van der Waals surface area (Å²) >= 11 is 0. The summed E-state index contributed by atoms with van der Waals surface area (Å²) in [6.45, 7) is 0.544. The molecule has 0 amide bonds. The summed E-state index contributed by atoms with van der Waals surface area (Å²) in [4.78, 5) is 4.73. The Morgan fingerprint density at radius 2 is 1.79 bits per heavy atom. The van der Waals surface area contributed by atoms with Crippen LogP contribution in [0.1, 0.15) is 6.42 Å². The van der Waals surface area contributed by atoms with Gasteiger partial charge in [0.2, 0.25) is 0 Å². The van der Waals surface area contributed by atoms with Crippen molar-refractivity contribution in [2.75, 3.05) is 20.0 Å². The Labute approximate surface area is 140 Å². The van der Waals surface area contributed by atoms with E-state index in [4.69, 9.17) is 25.5 Å². The molecule has 6 nitrogen and oxygen atoms in total. The molecule has 2 aromatic carbocycles. The lowest BCUT2D eigenvalue weighted by molar-refractivity contribution is 0.355. The number of aromatic nitrogens is 2. The van der Waals surface area contributed by atoms with Gasteiger partial charge in [0.1, 0.15) is 5.82 Å². The smallest absolute Gasteiger partial charge is 0.163 e. The van der Waals surface area contributed by atoms with Gasteiger partial charge in [0.15, 0.2) is 11.5 Å². The number of anilines is 1. The normalized spacial score (nSPS) is 10.5. The Morgan fingerprint density at radius 3 is 2.42 bits per heavy atom. The molecule has 1 aromatic heterocycles. The maximum absolute atomic E-state index is 8.97. The fourth-order valence-electron chi connectivity index (χ4n) is 2.69. The molecule has 0 aliphatic rings. The molecule has 0 saturated carbocycles. The quantitative estimate of drug-likeness (QED) is 0.729. The number of hydrogen-bond acceptors (Lipinski definition) is 5. The molecule has 2 N–H and O–H groups in total. The van der Waals surface area contributed by atoms with Crippen LogP contribution < -0.4 is 15.2 Å². The molecular formula is C18H18N4O2. The molecule has 0 radical (unpaired) electrons. The lowest BCUT2D eigenvalue weighted by Gasteiger charge is -2.10. The molecule has 0 unspecified atom stereocenters. The summed E-state index contributed by atoms with van der Waals surface area (Å²) in [6, 6.07) is 13.4. The van der Waals surface area contributed by atoms with E-state index in [1.165, 1.54) is 0 Å². The first kappa shape index (κ1) is 15.7. The molecule has 0 aliphatic heterocycles. The second kappa shape index (κ2) is 6.50. The summed E-state index contributed by atoms with van der Waals surface area (Å²) < 4.78 is 12.8. The van der Waals surface area contributed by atoms with Crippen LogP contribution in [0.5, 0.6) is 11.5 Å². The number of fused-ring (bicyclic) bond motifs is 1. The van der Waals surface area contributed by atoms with E-state index in [2.05, 4.69) is 6.07 Å². The number of benzene rings is 2. The predicted molar refractivity (Wildman–Crippen MR) is 92.9 cm³/mol. The third-order valence-corrected chi connectivity index (χ3v) is 3.87. The van der Waals surface area contributed by atoms with Gasteiger partial charge in [0, 0.05) is 29.9 Å². The molecule has 6 heteroatoms. The number of nitrogens with zero attached hydrogens (tertiary/aromatic N) is 3. The first-order chi connectivity index (χ1) is 11.7. The molecule has 24 heavy (non-hydrogen) atoms. The van der Waals surface area contributed by atoms with E-state index in [1.807, 2.05) is 41.0 Å². The van der Waals surface area contributed by atoms with Crippen molar-refractivity contribution in [1.82, 2.24) is 9.55 Å². The third kappa shape index (κ3) is 2.72. The van der Waals surface area contributed by atoms with Crippen molar-refractivity contribution in [3.8, 4) is 29.0 Å². The van der Waals surface area contributed by atoms with E-state index in [0.717, 1.165) is 22.4 Å². The minimum Gasteiger partial charge on any atom is -0.493 e. The zero-order valence-corrected chi connectivity index (χ0v) is 13.6. The van der Waals surface area contributed by atoms with E-state index < -0.39 is 0 Å². The number of nitrogens with two attached hydrogens (primary N) is 1. The van der Waals surface area contributed by atoms with Crippen LogP contribution in [0.25, 0.3) is 22.4 Å². The third-order valence-electron chi connectivity index (χ3n) is 3.87. The lowest BCUT2D eigenvalue weighted by atomic mass is 10.2. The molecule has 0 bridgehead atoms. The topological polar surface area (TPSA) is 86.1 Å². The van der Waals surface area contributed by atoms with Crippen LogP contribution in [-0.2, 0) is 6.54 Å². The van der Waals surface area contributed by atoms with Gasteiger partial charge in [-0.15, -0.1) is 0 Å². The van der Waals surface area contributed by atoms with Gasteiger partial charge < -0.3 is 19.8 Å². The van der Waals surface area contributed by atoms with E-state index in [1.54, 1.807) is 14.2 Å². The molecule has 3 rings (SSSR count). The van der Waals surface area contributed by atoms with Gasteiger partial charge in [-0.1, -0.05) is 0 Å². The van der Waals surface area contributed by atoms with E-state index >= 15 is 0 Å². The summed E-state index contributed by atoms with van der Waals surface area (Å²) in [7, 11) is 3.19. The Balaban J connectivity index is 2.23. The Hall–Kier alpha value is -3.20. The van der Waals surface area contributed by atoms with Crippen molar-refractivity contribution in [3.63, 3.8) is 0 Å². The molecule has 1 heterocycles. The van der Waals surface area contributed by atoms with Crippen LogP contribution in [0.4, 0.5) is 5.69 Å². The van der Waals surface area contributed by atoms with Gasteiger partial charge in [-0.25, -0.2) is 4.98 Å². The minimum atomic E-state index is 0.391. The Bertz CT molecular complexity index is 907. The SMILES string of the molecule is COc1cc2nc(-c3ccc(N)cc3)n(CCC#N)c2cc1OC. The van der Waals surface area contributed by atoms with Crippen molar-refractivity contribution < 1.29 is 9.47 Å². The second-order valence-electron chi connectivity index (χ2n) is 5.31. The van der Waals surface area contributed by atoms with Crippen LogP contribution in [0.3, 0.4) is 0 Å². The van der Waals surface area contributed by atoms with Gasteiger partial charge in [-0.3, -0.25) is 0 Å². The van der Waals surface area contributed by atoms with Crippen molar-refractivity contribution in [2.45, 2.75) is 13.0 Å². The zero-order chi connectivity index (χ0) is 17.1. The summed E-state index contributed by atoms with van der Waals surface area (Å²) in [5.74, 6) is 2.04. The van der Waals surface area contributed by atoms with Crippen molar-refractivity contribution in [2.24, 2.45) is 0 Å². The zero-order valence-electron chi connectivity index (χ0n) is 13.6. The molecule has 0 saturated heterocycles. The number of imidazole rings is 1. The van der Waals surface area contributed by atoms with Crippen LogP contribution in [0.15, 0.2) is 36.4 Å². The number of hydrogen-bond donors (Lipinski definition) is 1. The molecule has 3 aromatic rings. The van der Waals surface area contributed by atoms with E-state index in [0.29, 0.717) is 30.2 Å². The Morgan fingerprint density at radius 1 is 1.12 bits per heavy atom. The highest BCUT2D eigenvalue weighted by atomic mass is 16.5. The van der Waals surface area contributed by atoms with Gasteiger partial charge >= 0.3 is 0 Å². The van der Waals surface area contributed by atoms with E-state index in [9.17, 15) is 0 Å². The first-order valence-electron chi connectivity index (χ1n) is 7.53. The van der Waals surface area contributed by atoms with Gasteiger partial charge in [0.05, 0.1) is 37.7 Å². The minimum absolute atomic E-state index is 0.391. The summed E-state index contributed by atoms with van der Waals surface area (Å²) in [5, 5.41) is 8.97. The average Bonchev–Trinajstić information content (AvgIpc) is 2.96. The summed E-state index contributed by atoms with van der Waals surface area (Å²) in [5.41, 5.74) is 9.09. The number of rotatable bonds is 5. The number of aryl methyl sites for hydroxylation is 1. The maximum atomic E-state index is 8.97. The lowest BCUT2D eigenvalue weighted by Crippen LogP contribution is -2.00. The van der Waals surface area contributed by atoms with Crippen molar-refractivity contribution in [3.05, 3.63) is 36.4 Å². The molecule has 0 atom stereocenters. The first-order valence-corrected chi connectivity index (χ1v) is 7.53. The summed E-state index contributed by atoms with van der Waals surface area (Å²) in [6.07, 6.45) is 0.391. The highest BCUT2D eigenvalue weighted by Gasteiger charge is 2.16. The fourth-order valence-corrected chi connectivity index (χ4v) is 2.69. The second-order valence-corrected chi connectivity index (χ2v) is 5.31. The van der Waals surface area contributed by atoms with Crippen molar-refractivity contribution >= 4 is 16.7 Å². The molecule has 0 aliphatic carbocycles. The van der Waals surface area contributed by atoms with Crippen LogP contribution in [-0.4, -0.2) is 23.8 Å². The number of ether oxygens (including phenoxy) is 2. The Kier molecular flexibility index (Phi) is 4.25. The van der Waals surface area contributed by atoms with Crippen LogP contribution in [0, 0.1) is 11.3 Å². The molecule has 0 spiro atoms. The van der Waals surface area contributed by atoms with Gasteiger partial charge in [-0.05, 0) is 24.3 Å².